The highest BCUT2D eigenvalue weighted by Gasteiger charge is 2.02. The van der Waals surface area contributed by atoms with Crippen molar-refractivity contribution in [3.63, 3.8) is 0 Å². The van der Waals surface area contributed by atoms with Gasteiger partial charge in [0.1, 0.15) is 0 Å². The summed E-state index contributed by atoms with van der Waals surface area (Å²) in [6.45, 7) is 6.02. The van der Waals surface area contributed by atoms with Gasteiger partial charge in [-0.05, 0) is 20.8 Å². The molecule has 1 N–H and O–H groups in total. The fourth-order valence-electron chi connectivity index (χ4n) is 0. The fraction of sp³-hybridized carbons (Fsp3) is 0.800. The van der Waals surface area contributed by atoms with Gasteiger partial charge in [-0.3, -0.25) is 0 Å². The summed E-state index contributed by atoms with van der Waals surface area (Å²) in [5, 5.41) is 2.60. The van der Waals surface area contributed by atoms with Crippen molar-refractivity contribution in [2.75, 3.05) is 0 Å². The van der Waals surface area contributed by atoms with Crippen molar-refractivity contribution >= 4 is 0 Å². The van der Waals surface area contributed by atoms with Crippen molar-refractivity contribution in [1.29, 1.82) is 0 Å². The second kappa shape index (κ2) is 1.61. The molecule has 2 radical (unpaired) electrons. The minimum Gasteiger partial charge on any atom is -0.306 e. The van der Waals surface area contributed by atoms with Crippen molar-refractivity contribution in [2.45, 2.75) is 26.3 Å². The summed E-state index contributed by atoms with van der Waals surface area (Å²) < 4.78 is 0. The van der Waals surface area contributed by atoms with Gasteiger partial charge in [-0.15, -0.1) is 0 Å². The molecular weight excluding hydrogens is 74.1 g/mol. The Morgan fingerprint density at radius 1 is 1.33 bits per heavy atom. The van der Waals surface area contributed by atoms with E-state index in [0.717, 1.165) is 0 Å². The second-order valence-electron chi connectivity index (χ2n) is 2.39. The third-order valence-corrected chi connectivity index (χ3v) is 0.433. The summed E-state index contributed by atoms with van der Waals surface area (Å²) in [5.74, 6) is 0. The minimum absolute atomic E-state index is 0.0694. The van der Waals surface area contributed by atoms with E-state index in [1.54, 1.807) is 0 Å². The molecule has 0 aromatic rings. The Balaban J connectivity index is 3.17. The van der Waals surface area contributed by atoms with Gasteiger partial charge in [-0.2, -0.15) is 0 Å². The zero-order chi connectivity index (χ0) is 5.21. The number of hydrogen-bond acceptors (Lipinski definition) is 1. The van der Waals surface area contributed by atoms with Crippen LogP contribution >= 0.6 is 0 Å². The summed E-state index contributed by atoms with van der Waals surface area (Å²) in [6.07, 6.45) is 0. The summed E-state index contributed by atoms with van der Waals surface area (Å²) >= 11 is 0. The highest BCUT2D eigenvalue weighted by molar-refractivity contribution is 4.67. The molecule has 0 heterocycles. The van der Waals surface area contributed by atoms with Crippen LogP contribution in [0.25, 0.3) is 0 Å². The van der Waals surface area contributed by atoms with Crippen LogP contribution < -0.4 is 5.32 Å². The van der Waals surface area contributed by atoms with Crippen LogP contribution in [-0.2, 0) is 0 Å². The third-order valence-electron chi connectivity index (χ3n) is 0.433. The molecule has 0 rings (SSSR count). The molecule has 0 spiro atoms. The van der Waals surface area contributed by atoms with Crippen LogP contribution in [0.2, 0.25) is 0 Å². The average Bonchev–Trinajstić information content (AvgIpc) is 1.35. The van der Waals surface area contributed by atoms with Crippen LogP contribution in [0, 0.1) is 7.05 Å². The van der Waals surface area contributed by atoms with Gasteiger partial charge in [0, 0.05) is 12.6 Å². The zero-order valence-electron chi connectivity index (χ0n) is 4.58. The molecule has 0 aromatic heterocycles. The van der Waals surface area contributed by atoms with Crippen molar-refractivity contribution < 1.29 is 0 Å². The zero-order valence-corrected chi connectivity index (χ0v) is 4.58. The SMILES string of the molecule is [CH]NC(C)(C)C. The maximum atomic E-state index is 5.06. The Kier molecular flexibility index (Phi) is 1.59. The Hall–Kier alpha value is -0.0400. The first-order valence-corrected chi connectivity index (χ1v) is 2.04. The molecule has 1 heteroatoms. The van der Waals surface area contributed by atoms with Gasteiger partial charge in [0.25, 0.3) is 0 Å². The normalized spacial score (nSPS) is 12.0. The van der Waals surface area contributed by atoms with E-state index in [2.05, 4.69) is 5.32 Å². The van der Waals surface area contributed by atoms with Crippen LogP contribution in [0.4, 0.5) is 0 Å². The second-order valence-corrected chi connectivity index (χ2v) is 2.39. The first-order chi connectivity index (χ1) is 2.56. The lowest BCUT2D eigenvalue weighted by molar-refractivity contribution is 0.489. The highest BCUT2D eigenvalue weighted by Crippen LogP contribution is 1.94. The lowest BCUT2D eigenvalue weighted by Crippen LogP contribution is -2.29. The predicted octanol–water partition coefficient (Wildman–Crippen LogP) is 1.04. The van der Waals surface area contributed by atoms with E-state index >= 15 is 0 Å². The molecule has 6 heavy (non-hydrogen) atoms. The first kappa shape index (κ1) is 5.96. The molecular formula is C5H11N. The molecule has 0 saturated heterocycles. The van der Waals surface area contributed by atoms with Crippen LogP contribution in [0.15, 0.2) is 0 Å². The summed E-state index contributed by atoms with van der Waals surface area (Å²) in [7, 11) is 5.06. The van der Waals surface area contributed by atoms with Crippen LogP contribution in [-0.4, -0.2) is 5.54 Å². The topological polar surface area (TPSA) is 12.0 Å². The Morgan fingerprint density at radius 2 is 1.50 bits per heavy atom. The summed E-state index contributed by atoms with van der Waals surface area (Å²) in [5.41, 5.74) is 0.0694. The summed E-state index contributed by atoms with van der Waals surface area (Å²) in [6, 6.07) is 0. The Morgan fingerprint density at radius 3 is 1.50 bits per heavy atom. The van der Waals surface area contributed by atoms with Crippen molar-refractivity contribution in [3.8, 4) is 0 Å². The molecule has 0 unspecified atom stereocenters. The predicted molar refractivity (Wildman–Crippen MR) is 27.2 cm³/mol. The Bertz CT molecular complexity index is 33.7. The van der Waals surface area contributed by atoms with E-state index in [-0.39, 0.29) is 5.54 Å². The molecule has 0 atom stereocenters. The monoisotopic (exact) mass is 85.1 g/mol. The molecule has 0 aliphatic carbocycles. The molecule has 0 bridgehead atoms. The van der Waals surface area contributed by atoms with Gasteiger partial charge in [0.15, 0.2) is 0 Å². The highest BCUT2D eigenvalue weighted by atomic mass is 14.9. The third kappa shape index (κ3) is 3.96. The van der Waals surface area contributed by atoms with E-state index in [1.807, 2.05) is 20.8 Å². The quantitative estimate of drug-likeness (QED) is 0.433. The van der Waals surface area contributed by atoms with Gasteiger partial charge in [0.2, 0.25) is 0 Å². The fourth-order valence-corrected chi connectivity index (χ4v) is 0. The van der Waals surface area contributed by atoms with Crippen LogP contribution in [0.5, 0.6) is 0 Å². The van der Waals surface area contributed by atoms with Gasteiger partial charge in [-0.25, -0.2) is 0 Å². The number of hydrogen-bond donors (Lipinski definition) is 1. The van der Waals surface area contributed by atoms with Gasteiger partial charge < -0.3 is 5.32 Å². The van der Waals surface area contributed by atoms with Gasteiger partial charge in [0.05, 0.1) is 0 Å². The molecule has 0 fully saturated rings. The largest absolute Gasteiger partial charge is 0.306 e. The maximum Gasteiger partial charge on any atom is 0.0411 e. The lowest BCUT2D eigenvalue weighted by atomic mass is 10.1. The van der Waals surface area contributed by atoms with Gasteiger partial charge in [-0.1, -0.05) is 0 Å². The molecule has 0 aliphatic heterocycles. The smallest absolute Gasteiger partial charge is 0.0411 e. The van der Waals surface area contributed by atoms with Crippen molar-refractivity contribution in [3.05, 3.63) is 7.05 Å². The van der Waals surface area contributed by atoms with Crippen LogP contribution in [0.3, 0.4) is 0 Å². The van der Waals surface area contributed by atoms with Crippen molar-refractivity contribution in [2.24, 2.45) is 0 Å². The molecule has 0 aromatic carbocycles. The molecule has 36 valence electrons. The minimum atomic E-state index is 0.0694. The number of rotatable bonds is 0. The van der Waals surface area contributed by atoms with E-state index in [1.165, 1.54) is 0 Å². The van der Waals surface area contributed by atoms with E-state index in [9.17, 15) is 0 Å². The van der Waals surface area contributed by atoms with E-state index in [4.69, 9.17) is 7.05 Å². The molecule has 0 aliphatic rings. The summed E-state index contributed by atoms with van der Waals surface area (Å²) in [4.78, 5) is 0. The van der Waals surface area contributed by atoms with E-state index in [0.29, 0.717) is 0 Å². The lowest BCUT2D eigenvalue weighted by Gasteiger charge is -2.14. The maximum absolute atomic E-state index is 5.06. The number of nitrogens with one attached hydrogen (secondary N) is 1. The first-order valence-electron chi connectivity index (χ1n) is 2.04. The standard InChI is InChI=1S/C5H11N/c1-5(2,3)6-4/h4,6H,1-3H3. The van der Waals surface area contributed by atoms with Crippen LogP contribution in [0.1, 0.15) is 20.8 Å². The molecule has 1 nitrogen and oxygen atoms in total. The average molecular weight is 85.1 g/mol. The van der Waals surface area contributed by atoms with Crippen molar-refractivity contribution in [1.82, 2.24) is 5.32 Å². The van der Waals surface area contributed by atoms with E-state index < -0.39 is 0 Å². The molecule has 0 amide bonds. The molecule has 0 saturated carbocycles. The Labute approximate surface area is 39.7 Å². The van der Waals surface area contributed by atoms with Gasteiger partial charge >= 0.3 is 0 Å².